The molecule has 1 aliphatic rings. The SMILES string of the molecule is CC1(c2nc(CCN)co2)CCCC1. The van der Waals surface area contributed by atoms with Crippen molar-refractivity contribution in [2.24, 2.45) is 5.73 Å². The minimum Gasteiger partial charge on any atom is -0.448 e. The van der Waals surface area contributed by atoms with Crippen molar-refractivity contribution in [2.75, 3.05) is 6.54 Å². The summed E-state index contributed by atoms with van der Waals surface area (Å²) in [6, 6.07) is 0. The maximum Gasteiger partial charge on any atom is 0.200 e. The summed E-state index contributed by atoms with van der Waals surface area (Å²) in [6.07, 6.45) is 7.58. The van der Waals surface area contributed by atoms with Crippen LogP contribution in [0.15, 0.2) is 10.7 Å². The summed E-state index contributed by atoms with van der Waals surface area (Å²) in [5, 5.41) is 0. The Morgan fingerprint density at radius 3 is 2.86 bits per heavy atom. The monoisotopic (exact) mass is 194 g/mol. The largest absolute Gasteiger partial charge is 0.448 e. The Bertz CT molecular complexity index is 300. The average Bonchev–Trinajstić information content (AvgIpc) is 2.75. The fourth-order valence-corrected chi connectivity index (χ4v) is 2.22. The van der Waals surface area contributed by atoms with Crippen LogP contribution in [0.2, 0.25) is 0 Å². The van der Waals surface area contributed by atoms with Gasteiger partial charge in [-0.25, -0.2) is 4.98 Å². The molecule has 1 saturated carbocycles. The standard InChI is InChI=1S/C11H18N2O/c1-11(5-2-3-6-11)10-13-9(4-7-12)8-14-10/h8H,2-7,12H2,1H3. The van der Waals surface area contributed by atoms with Gasteiger partial charge in [0.15, 0.2) is 5.89 Å². The third kappa shape index (κ3) is 1.69. The Balaban J connectivity index is 2.15. The van der Waals surface area contributed by atoms with Crippen LogP contribution < -0.4 is 5.73 Å². The van der Waals surface area contributed by atoms with Crippen molar-refractivity contribution in [2.45, 2.75) is 44.4 Å². The number of hydrogen-bond acceptors (Lipinski definition) is 3. The summed E-state index contributed by atoms with van der Waals surface area (Å²) in [5.74, 6) is 0.915. The molecular formula is C11H18N2O. The zero-order valence-corrected chi connectivity index (χ0v) is 8.75. The van der Waals surface area contributed by atoms with Gasteiger partial charge in [0.25, 0.3) is 0 Å². The molecule has 14 heavy (non-hydrogen) atoms. The summed E-state index contributed by atoms with van der Waals surface area (Å²) in [5.41, 5.74) is 6.66. The highest BCUT2D eigenvalue weighted by molar-refractivity contribution is 5.09. The molecule has 3 heteroatoms. The summed E-state index contributed by atoms with van der Waals surface area (Å²) < 4.78 is 5.54. The first-order chi connectivity index (χ1) is 6.74. The lowest BCUT2D eigenvalue weighted by molar-refractivity contribution is 0.351. The Labute approximate surface area is 84.7 Å². The molecule has 0 atom stereocenters. The first kappa shape index (κ1) is 9.71. The Hall–Kier alpha value is -0.830. The number of aromatic nitrogens is 1. The van der Waals surface area contributed by atoms with E-state index in [4.69, 9.17) is 10.2 Å². The van der Waals surface area contributed by atoms with Crippen LogP contribution in [0.5, 0.6) is 0 Å². The lowest BCUT2D eigenvalue weighted by Gasteiger charge is -2.18. The van der Waals surface area contributed by atoms with Crippen LogP contribution in [0, 0.1) is 0 Å². The van der Waals surface area contributed by atoms with Crippen molar-refractivity contribution in [1.29, 1.82) is 0 Å². The van der Waals surface area contributed by atoms with E-state index in [1.165, 1.54) is 25.7 Å². The number of rotatable bonds is 3. The van der Waals surface area contributed by atoms with E-state index in [9.17, 15) is 0 Å². The van der Waals surface area contributed by atoms with Gasteiger partial charge in [-0.2, -0.15) is 0 Å². The molecule has 0 aliphatic heterocycles. The Kier molecular flexibility index (Phi) is 2.59. The highest BCUT2D eigenvalue weighted by atomic mass is 16.3. The number of nitrogens with zero attached hydrogens (tertiary/aromatic N) is 1. The molecule has 0 spiro atoms. The van der Waals surface area contributed by atoms with E-state index < -0.39 is 0 Å². The molecule has 1 aromatic rings. The second-order valence-electron chi connectivity index (χ2n) is 4.45. The van der Waals surface area contributed by atoms with E-state index in [1.54, 1.807) is 6.26 Å². The normalized spacial score (nSPS) is 20.1. The molecular weight excluding hydrogens is 176 g/mol. The topological polar surface area (TPSA) is 52.0 Å². The van der Waals surface area contributed by atoms with Crippen LogP contribution in [-0.2, 0) is 11.8 Å². The molecule has 0 unspecified atom stereocenters. The third-order valence-corrected chi connectivity index (χ3v) is 3.18. The molecule has 0 bridgehead atoms. The maximum atomic E-state index is 5.54. The molecule has 3 nitrogen and oxygen atoms in total. The summed E-state index contributed by atoms with van der Waals surface area (Å²) in [7, 11) is 0. The molecule has 1 aliphatic carbocycles. The molecule has 0 radical (unpaired) electrons. The predicted molar refractivity (Wildman–Crippen MR) is 55.1 cm³/mol. The zero-order valence-electron chi connectivity index (χ0n) is 8.75. The third-order valence-electron chi connectivity index (χ3n) is 3.18. The number of oxazole rings is 1. The molecule has 0 saturated heterocycles. The summed E-state index contributed by atoms with van der Waals surface area (Å²) in [4.78, 5) is 4.51. The van der Waals surface area contributed by atoms with Gasteiger partial charge >= 0.3 is 0 Å². The van der Waals surface area contributed by atoms with E-state index in [0.29, 0.717) is 6.54 Å². The lowest BCUT2D eigenvalue weighted by Crippen LogP contribution is -2.17. The lowest BCUT2D eigenvalue weighted by atomic mass is 9.89. The molecule has 1 heterocycles. The maximum absolute atomic E-state index is 5.54. The van der Waals surface area contributed by atoms with E-state index in [1.807, 2.05) is 0 Å². The van der Waals surface area contributed by atoms with Crippen LogP contribution in [0.1, 0.15) is 44.2 Å². The fraction of sp³-hybridized carbons (Fsp3) is 0.727. The van der Waals surface area contributed by atoms with Gasteiger partial charge in [-0.05, 0) is 19.4 Å². The van der Waals surface area contributed by atoms with Crippen molar-refractivity contribution >= 4 is 0 Å². The number of hydrogen-bond donors (Lipinski definition) is 1. The minimum absolute atomic E-state index is 0.187. The van der Waals surface area contributed by atoms with Gasteiger partial charge in [0.1, 0.15) is 6.26 Å². The Morgan fingerprint density at radius 2 is 2.21 bits per heavy atom. The van der Waals surface area contributed by atoms with E-state index >= 15 is 0 Å². The summed E-state index contributed by atoms with van der Waals surface area (Å²) in [6.45, 7) is 2.89. The van der Waals surface area contributed by atoms with Gasteiger partial charge in [-0.3, -0.25) is 0 Å². The van der Waals surface area contributed by atoms with Crippen LogP contribution >= 0.6 is 0 Å². The molecule has 0 amide bonds. The second kappa shape index (κ2) is 3.73. The van der Waals surface area contributed by atoms with Crippen molar-refractivity contribution < 1.29 is 4.42 Å². The quantitative estimate of drug-likeness (QED) is 0.800. The van der Waals surface area contributed by atoms with Crippen molar-refractivity contribution in [1.82, 2.24) is 4.98 Å². The average molecular weight is 194 g/mol. The van der Waals surface area contributed by atoms with Crippen molar-refractivity contribution in [3.05, 3.63) is 17.8 Å². The predicted octanol–water partition coefficient (Wildman–Crippen LogP) is 2.01. The number of nitrogens with two attached hydrogens (primary N) is 1. The van der Waals surface area contributed by atoms with Gasteiger partial charge in [-0.1, -0.05) is 19.8 Å². The van der Waals surface area contributed by atoms with Crippen LogP contribution in [0.3, 0.4) is 0 Å². The smallest absolute Gasteiger partial charge is 0.200 e. The van der Waals surface area contributed by atoms with Crippen LogP contribution in [-0.4, -0.2) is 11.5 Å². The highest BCUT2D eigenvalue weighted by Crippen LogP contribution is 2.39. The van der Waals surface area contributed by atoms with E-state index in [-0.39, 0.29) is 5.41 Å². The van der Waals surface area contributed by atoms with Gasteiger partial charge in [0.2, 0.25) is 0 Å². The summed E-state index contributed by atoms with van der Waals surface area (Å²) >= 11 is 0. The van der Waals surface area contributed by atoms with E-state index in [0.717, 1.165) is 18.0 Å². The van der Waals surface area contributed by atoms with Gasteiger partial charge in [0.05, 0.1) is 5.69 Å². The van der Waals surface area contributed by atoms with E-state index in [2.05, 4.69) is 11.9 Å². The molecule has 2 rings (SSSR count). The van der Waals surface area contributed by atoms with Crippen LogP contribution in [0.25, 0.3) is 0 Å². The first-order valence-electron chi connectivity index (χ1n) is 5.39. The van der Waals surface area contributed by atoms with Crippen molar-refractivity contribution in [3.8, 4) is 0 Å². The first-order valence-corrected chi connectivity index (χ1v) is 5.39. The fourth-order valence-electron chi connectivity index (χ4n) is 2.22. The second-order valence-corrected chi connectivity index (χ2v) is 4.45. The molecule has 1 fully saturated rings. The van der Waals surface area contributed by atoms with Gasteiger partial charge < -0.3 is 10.2 Å². The van der Waals surface area contributed by atoms with Crippen molar-refractivity contribution in [3.63, 3.8) is 0 Å². The molecule has 78 valence electrons. The molecule has 2 N–H and O–H groups in total. The highest BCUT2D eigenvalue weighted by Gasteiger charge is 2.34. The zero-order chi connectivity index (χ0) is 10.0. The molecule has 0 aromatic carbocycles. The Morgan fingerprint density at radius 1 is 1.50 bits per heavy atom. The van der Waals surface area contributed by atoms with Crippen LogP contribution in [0.4, 0.5) is 0 Å². The van der Waals surface area contributed by atoms with Gasteiger partial charge in [-0.15, -0.1) is 0 Å². The minimum atomic E-state index is 0.187. The molecule has 1 aromatic heterocycles. The van der Waals surface area contributed by atoms with Gasteiger partial charge in [0, 0.05) is 11.8 Å².